The van der Waals surface area contributed by atoms with Crippen molar-refractivity contribution in [1.82, 2.24) is 5.32 Å². The highest BCUT2D eigenvalue weighted by atomic mass is 35.5. The number of rotatable bonds is 3. The van der Waals surface area contributed by atoms with Crippen molar-refractivity contribution in [2.75, 3.05) is 11.9 Å². The summed E-state index contributed by atoms with van der Waals surface area (Å²) in [4.78, 5) is 11.2. The van der Waals surface area contributed by atoms with Gasteiger partial charge in [-0.1, -0.05) is 18.5 Å². The van der Waals surface area contributed by atoms with Crippen LogP contribution < -0.4 is 10.6 Å². The molecule has 0 heterocycles. The molecule has 5 heteroatoms. The van der Waals surface area contributed by atoms with Gasteiger partial charge in [-0.2, -0.15) is 0 Å². The van der Waals surface area contributed by atoms with Gasteiger partial charge >= 0.3 is 6.03 Å². The van der Waals surface area contributed by atoms with Crippen molar-refractivity contribution < 1.29 is 9.18 Å². The molecule has 0 unspecified atom stereocenters. The van der Waals surface area contributed by atoms with Gasteiger partial charge in [0.2, 0.25) is 0 Å². The van der Waals surface area contributed by atoms with Crippen LogP contribution in [0.2, 0.25) is 5.02 Å². The molecular formula is C10H12ClFN2O. The van der Waals surface area contributed by atoms with Gasteiger partial charge in [-0.3, -0.25) is 0 Å². The summed E-state index contributed by atoms with van der Waals surface area (Å²) in [5.41, 5.74) is 0.380. The Labute approximate surface area is 92.6 Å². The number of halogens is 2. The second-order valence-corrected chi connectivity index (χ2v) is 3.42. The van der Waals surface area contributed by atoms with Gasteiger partial charge in [0, 0.05) is 12.2 Å². The summed E-state index contributed by atoms with van der Waals surface area (Å²) in [6, 6.07) is 3.76. The monoisotopic (exact) mass is 230 g/mol. The molecular weight excluding hydrogens is 219 g/mol. The molecule has 1 aromatic carbocycles. The average Bonchev–Trinajstić information content (AvgIpc) is 2.20. The first kappa shape index (κ1) is 11.8. The number of hydrogen-bond donors (Lipinski definition) is 2. The number of hydrogen-bond acceptors (Lipinski definition) is 1. The molecule has 0 radical (unpaired) electrons. The third-order valence-corrected chi connectivity index (χ3v) is 2.02. The molecule has 1 aromatic rings. The fraction of sp³-hybridized carbons (Fsp3) is 0.300. The van der Waals surface area contributed by atoms with Gasteiger partial charge in [0.05, 0.1) is 5.02 Å². The summed E-state index contributed by atoms with van der Waals surface area (Å²) < 4.78 is 13.0. The molecule has 0 aliphatic carbocycles. The molecule has 0 saturated heterocycles. The molecule has 0 saturated carbocycles. The second kappa shape index (κ2) is 5.56. The lowest BCUT2D eigenvalue weighted by Crippen LogP contribution is -2.29. The van der Waals surface area contributed by atoms with Crippen LogP contribution in [0.3, 0.4) is 0 Å². The zero-order chi connectivity index (χ0) is 11.3. The van der Waals surface area contributed by atoms with Gasteiger partial charge in [-0.15, -0.1) is 0 Å². The Hall–Kier alpha value is -1.29. The van der Waals surface area contributed by atoms with Crippen LogP contribution >= 0.6 is 11.6 Å². The average molecular weight is 231 g/mol. The quantitative estimate of drug-likeness (QED) is 0.824. The number of urea groups is 1. The Bertz CT molecular complexity index is 357. The number of carbonyl (C=O) groups is 1. The van der Waals surface area contributed by atoms with Gasteiger partial charge in [0.15, 0.2) is 0 Å². The standard InChI is InChI=1S/C10H12ClFN2O/c1-2-5-13-10(15)14-7-3-4-8(11)9(12)6-7/h3-4,6H,2,5H2,1H3,(H2,13,14,15). The second-order valence-electron chi connectivity index (χ2n) is 3.01. The third kappa shape index (κ3) is 3.75. The first-order valence-corrected chi connectivity index (χ1v) is 5.01. The number of carbonyl (C=O) groups excluding carboxylic acids is 1. The van der Waals surface area contributed by atoms with Crippen molar-refractivity contribution in [3.8, 4) is 0 Å². The number of benzene rings is 1. The Kier molecular flexibility index (Phi) is 4.37. The molecule has 0 spiro atoms. The van der Waals surface area contributed by atoms with Crippen molar-refractivity contribution in [2.24, 2.45) is 0 Å². The van der Waals surface area contributed by atoms with Crippen molar-refractivity contribution in [1.29, 1.82) is 0 Å². The third-order valence-electron chi connectivity index (χ3n) is 1.71. The zero-order valence-corrected chi connectivity index (χ0v) is 9.07. The summed E-state index contributed by atoms with van der Waals surface area (Å²) >= 11 is 5.50. The van der Waals surface area contributed by atoms with Gasteiger partial charge in [0.1, 0.15) is 5.82 Å². The van der Waals surface area contributed by atoms with Gasteiger partial charge < -0.3 is 10.6 Å². The summed E-state index contributed by atoms with van der Waals surface area (Å²) in [5, 5.41) is 5.14. The first-order chi connectivity index (χ1) is 7.13. The molecule has 0 aromatic heterocycles. The van der Waals surface area contributed by atoms with Crippen molar-refractivity contribution in [3.05, 3.63) is 29.0 Å². The highest BCUT2D eigenvalue weighted by molar-refractivity contribution is 6.30. The van der Waals surface area contributed by atoms with E-state index in [1.807, 2.05) is 6.92 Å². The number of anilines is 1. The van der Waals surface area contributed by atoms with Crippen LogP contribution in [0, 0.1) is 5.82 Å². The fourth-order valence-corrected chi connectivity index (χ4v) is 1.11. The molecule has 1 rings (SSSR count). The summed E-state index contributed by atoms with van der Waals surface area (Å²) in [6.45, 7) is 2.53. The fourth-order valence-electron chi connectivity index (χ4n) is 0.988. The first-order valence-electron chi connectivity index (χ1n) is 4.63. The SMILES string of the molecule is CCCNC(=O)Nc1ccc(Cl)c(F)c1. The maximum Gasteiger partial charge on any atom is 0.319 e. The zero-order valence-electron chi connectivity index (χ0n) is 8.31. The molecule has 0 aliphatic heterocycles. The van der Waals surface area contributed by atoms with Crippen molar-refractivity contribution in [3.63, 3.8) is 0 Å². The largest absolute Gasteiger partial charge is 0.338 e. The predicted molar refractivity (Wildman–Crippen MR) is 58.7 cm³/mol. The van der Waals surface area contributed by atoms with E-state index in [9.17, 15) is 9.18 Å². The van der Waals surface area contributed by atoms with Crippen LogP contribution in [0.4, 0.5) is 14.9 Å². The molecule has 3 nitrogen and oxygen atoms in total. The van der Waals surface area contributed by atoms with Gasteiger partial charge in [-0.05, 0) is 24.6 Å². The van der Waals surface area contributed by atoms with Crippen molar-refractivity contribution >= 4 is 23.3 Å². The molecule has 0 bridgehead atoms. The molecule has 15 heavy (non-hydrogen) atoms. The lowest BCUT2D eigenvalue weighted by Gasteiger charge is -2.06. The Morgan fingerprint density at radius 3 is 2.87 bits per heavy atom. The van der Waals surface area contributed by atoms with Crippen molar-refractivity contribution in [2.45, 2.75) is 13.3 Å². The minimum Gasteiger partial charge on any atom is -0.338 e. The summed E-state index contributed by atoms with van der Waals surface area (Å²) in [5.74, 6) is -0.551. The van der Waals surface area contributed by atoms with E-state index >= 15 is 0 Å². The molecule has 0 fully saturated rings. The molecule has 2 N–H and O–H groups in total. The van der Waals surface area contributed by atoms with Crippen LogP contribution in [0.15, 0.2) is 18.2 Å². The Morgan fingerprint density at radius 2 is 2.27 bits per heavy atom. The van der Waals surface area contributed by atoms with E-state index in [4.69, 9.17) is 11.6 Å². The lowest BCUT2D eigenvalue weighted by molar-refractivity contribution is 0.252. The maximum absolute atomic E-state index is 13.0. The van der Waals surface area contributed by atoms with E-state index in [1.165, 1.54) is 18.2 Å². The van der Waals surface area contributed by atoms with Crippen LogP contribution in [0.1, 0.15) is 13.3 Å². The smallest absolute Gasteiger partial charge is 0.319 e. The normalized spacial score (nSPS) is 9.80. The van der Waals surface area contributed by atoms with E-state index < -0.39 is 5.82 Å². The molecule has 2 amide bonds. The van der Waals surface area contributed by atoms with Crippen LogP contribution in [0.25, 0.3) is 0 Å². The summed E-state index contributed by atoms with van der Waals surface area (Å²) in [6.07, 6.45) is 0.850. The number of amides is 2. The van der Waals surface area contributed by atoms with E-state index in [0.717, 1.165) is 6.42 Å². The molecule has 82 valence electrons. The molecule has 0 aliphatic rings. The van der Waals surface area contributed by atoms with E-state index in [1.54, 1.807) is 0 Å². The minimum atomic E-state index is -0.551. The highest BCUT2D eigenvalue weighted by Gasteiger charge is 2.03. The van der Waals surface area contributed by atoms with Crippen LogP contribution in [0.5, 0.6) is 0 Å². The van der Waals surface area contributed by atoms with Crippen LogP contribution in [-0.4, -0.2) is 12.6 Å². The predicted octanol–water partition coefficient (Wildman–Crippen LogP) is 3.01. The van der Waals surface area contributed by atoms with E-state index in [0.29, 0.717) is 12.2 Å². The van der Waals surface area contributed by atoms with Crippen LogP contribution in [-0.2, 0) is 0 Å². The summed E-state index contributed by atoms with van der Waals surface area (Å²) in [7, 11) is 0. The Balaban J connectivity index is 2.57. The molecule has 0 atom stereocenters. The minimum absolute atomic E-state index is 0.0366. The lowest BCUT2D eigenvalue weighted by atomic mass is 10.3. The number of nitrogens with one attached hydrogen (secondary N) is 2. The van der Waals surface area contributed by atoms with E-state index in [2.05, 4.69) is 10.6 Å². The Morgan fingerprint density at radius 1 is 1.53 bits per heavy atom. The van der Waals surface area contributed by atoms with Gasteiger partial charge in [0.25, 0.3) is 0 Å². The topological polar surface area (TPSA) is 41.1 Å². The highest BCUT2D eigenvalue weighted by Crippen LogP contribution is 2.18. The van der Waals surface area contributed by atoms with E-state index in [-0.39, 0.29) is 11.1 Å². The van der Waals surface area contributed by atoms with Gasteiger partial charge in [-0.25, -0.2) is 9.18 Å². The maximum atomic E-state index is 13.0.